The average Bonchev–Trinajstić information content (AvgIpc) is 2.81. The molecule has 2 fully saturated rings. The van der Waals surface area contributed by atoms with E-state index in [2.05, 4.69) is 16.8 Å². The molecule has 0 saturated carbocycles. The fraction of sp³-hybridized carbons (Fsp3) is 0.857. The molecule has 0 unspecified atom stereocenters. The summed E-state index contributed by atoms with van der Waals surface area (Å²) in [5.41, 5.74) is 6.01. The third kappa shape index (κ3) is 4.11. The van der Waals surface area contributed by atoms with E-state index in [-0.39, 0.29) is 0 Å². The monoisotopic (exact) mass is 266 g/mol. The Kier molecular flexibility index (Phi) is 5.05. The van der Waals surface area contributed by atoms with Crippen molar-refractivity contribution >= 4 is 11.9 Å². The number of hydrogen-bond acceptors (Lipinski definition) is 2. The van der Waals surface area contributed by atoms with E-state index >= 15 is 0 Å². The van der Waals surface area contributed by atoms with Gasteiger partial charge in [-0.25, -0.2) is 0 Å². The van der Waals surface area contributed by atoms with Crippen molar-refractivity contribution in [1.29, 1.82) is 0 Å². The lowest BCUT2D eigenvalue weighted by molar-refractivity contribution is -0.127. The van der Waals surface area contributed by atoms with Gasteiger partial charge < -0.3 is 15.5 Å². The quantitative estimate of drug-likeness (QED) is 0.470. The molecule has 5 heteroatoms. The van der Waals surface area contributed by atoms with Crippen LogP contribution < -0.4 is 5.73 Å². The maximum atomic E-state index is 11.4. The summed E-state index contributed by atoms with van der Waals surface area (Å²) in [6.07, 6.45) is 5.06. The van der Waals surface area contributed by atoms with Crippen LogP contribution in [0.25, 0.3) is 0 Å². The van der Waals surface area contributed by atoms with Gasteiger partial charge in [0, 0.05) is 39.1 Å². The predicted octanol–water partition coefficient (Wildman–Crippen LogP) is 1.05. The number of hydrogen-bond donors (Lipinski definition) is 1. The molecule has 2 aliphatic rings. The third-order valence-corrected chi connectivity index (χ3v) is 4.14. The predicted molar refractivity (Wildman–Crippen MR) is 76.9 cm³/mol. The zero-order valence-electron chi connectivity index (χ0n) is 12.0. The van der Waals surface area contributed by atoms with Gasteiger partial charge in [0.05, 0.1) is 0 Å². The first-order valence-electron chi connectivity index (χ1n) is 7.49. The maximum absolute atomic E-state index is 11.4. The Balaban J connectivity index is 1.65. The number of carbonyl (C=O) groups is 1. The number of nitrogens with zero attached hydrogens (tertiary/aromatic N) is 3. The van der Waals surface area contributed by atoms with E-state index in [1.165, 1.54) is 12.8 Å². The highest BCUT2D eigenvalue weighted by molar-refractivity contribution is 5.78. The summed E-state index contributed by atoms with van der Waals surface area (Å²) in [7, 11) is 0. The number of nitrogens with two attached hydrogens (primary N) is 1. The normalized spacial score (nSPS) is 22.4. The Morgan fingerprint density at radius 3 is 2.74 bits per heavy atom. The molecule has 0 aliphatic carbocycles. The lowest BCUT2D eigenvalue weighted by atomic mass is 10.00. The molecule has 0 bridgehead atoms. The second kappa shape index (κ2) is 6.78. The van der Waals surface area contributed by atoms with Gasteiger partial charge in [0.2, 0.25) is 5.91 Å². The van der Waals surface area contributed by atoms with E-state index in [0.29, 0.717) is 11.9 Å². The topological polar surface area (TPSA) is 61.9 Å². The first kappa shape index (κ1) is 14.2. The second-order valence-electron chi connectivity index (χ2n) is 5.75. The Bertz CT molecular complexity index is 334. The summed E-state index contributed by atoms with van der Waals surface area (Å²) in [6.45, 7) is 6.82. The van der Waals surface area contributed by atoms with Crippen LogP contribution in [-0.4, -0.2) is 54.4 Å². The number of carbonyl (C=O) groups excluding carboxylic acids is 1. The minimum Gasteiger partial charge on any atom is -0.370 e. The molecule has 19 heavy (non-hydrogen) atoms. The first-order chi connectivity index (χ1) is 9.16. The minimum atomic E-state index is 0.293. The second-order valence-corrected chi connectivity index (χ2v) is 5.75. The van der Waals surface area contributed by atoms with Gasteiger partial charge in [0.25, 0.3) is 0 Å². The minimum absolute atomic E-state index is 0.293. The average molecular weight is 266 g/mol. The molecule has 0 aromatic heterocycles. The molecule has 0 radical (unpaired) electrons. The number of amides is 1. The number of rotatable bonds is 4. The van der Waals surface area contributed by atoms with Gasteiger partial charge in [-0.15, -0.1) is 0 Å². The zero-order chi connectivity index (χ0) is 13.7. The molecule has 0 atom stereocenters. The van der Waals surface area contributed by atoms with E-state index in [4.69, 9.17) is 5.73 Å². The van der Waals surface area contributed by atoms with E-state index in [9.17, 15) is 4.79 Å². The number of likely N-dealkylation sites (tertiary alicyclic amines) is 2. The summed E-state index contributed by atoms with van der Waals surface area (Å²) in [6, 6.07) is 0. The van der Waals surface area contributed by atoms with Crippen molar-refractivity contribution in [3.8, 4) is 0 Å². The Labute approximate surface area is 115 Å². The van der Waals surface area contributed by atoms with E-state index < -0.39 is 0 Å². The molecule has 2 rings (SSSR count). The van der Waals surface area contributed by atoms with Gasteiger partial charge in [0.1, 0.15) is 0 Å². The Morgan fingerprint density at radius 1 is 1.37 bits per heavy atom. The number of aliphatic imine (C=N–C) groups is 1. The zero-order valence-corrected chi connectivity index (χ0v) is 12.0. The standard InChI is InChI=1S/C14H26N4O/c1-12-5-10-18(11-6-12)14(15)16-7-3-9-17-8-2-4-13(17)19/h12H,2-11H2,1H3,(H2,15,16). The van der Waals surface area contributed by atoms with Crippen molar-refractivity contribution < 1.29 is 4.79 Å². The summed E-state index contributed by atoms with van der Waals surface area (Å²) in [5.74, 6) is 1.78. The van der Waals surface area contributed by atoms with Crippen LogP contribution in [0.2, 0.25) is 0 Å². The van der Waals surface area contributed by atoms with Crippen molar-refractivity contribution in [2.45, 2.75) is 39.0 Å². The van der Waals surface area contributed by atoms with Gasteiger partial charge in [-0.2, -0.15) is 0 Å². The fourth-order valence-electron chi connectivity index (χ4n) is 2.73. The Morgan fingerprint density at radius 2 is 2.11 bits per heavy atom. The summed E-state index contributed by atoms with van der Waals surface area (Å²) in [5, 5.41) is 0. The van der Waals surface area contributed by atoms with Gasteiger partial charge in [-0.1, -0.05) is 6.92 Å². The summed E-state index contributed by atoms with van der Waals surface area (Å²) < 4.78 is 0. The van der Waals surface area contributed by atoms with Crippen molar-refractivity contribution in [2.24, 2.45) is 16.6 Å². The third-order valence-electron chi connectivity index (χ3n) is 4.14. The van der Waals surface area contributed by atoms with Gasteiger partial charge in [0.15, 0.2) is 5.96 Å². The van der Waals surface area contributed by atoms with Crippen LogP contribution in [0.5, 0.6) is 0 Å². The van der Waals surface area contributed by atoms with Crippen LogP contribution in [0.3, 0.4) is 0 Å². The Hall–Kier alpha value is -1.26. The van der Waals surface area contributed by atoms with E-state index in [0.717, 1.165) is 57.9 Å². The molecule has 2 saturated heterocycles. The van der Waals surface area contributed by atoms with Crippen molar-refractivity contribution in [3.63, 3.8) is 0 Å². The van der Waals surface area contributed by atoms with Crippen LogP contribution in [0.1, 0.15) is 39.0 Å². The van der Waals surface area contributed by atoms with Crippen LogP contribution in [0.15, 0.2) is 4.99 Å². The van der Waals surface area contributed by atoms with Crippen LogP contribution in [-0.2, 0) is 4.79 Å². The highest BCUT2D eigenvalue weighted by atomic mass is 16.2. The largest absolute Gasteiger partial charge is 0.370 e. The molecular weight excluding hydrogens is 240 g/mol. The molecule has 2 heterocycles. The van der Waals surface area contributed by atoms with Crippen molar-refractivity contribution in [3.05, 3.63) is 0 Å². The van der Waals surface area contributed by atoms with Gasteiger partial charge >= 0.3 is 0 Å². The highest BCUT2D eigenvalue weighted by Crippen LogP contribution is 2.15. The summed E-state index contributed by atoms with van der Waals surface area (Å²) >= 11 is 0. The fourth-order valence-corrected chi connectivity index (χ4v) is 2.73. The van der Waals surface area contributed by atoms with Crippen LogP contribution >= 0.6 is 0 Å². The maximum Gasteiger partial charge on any atom is 0.222 e. The lowest BCUT2D eigenvalue weighted by Crippen LogP contribution is -2.42. The smallest absolute Gasteiger partial charge is 0.222 e. The van der Waals surface area contributed by atoms with Gasteiger partial charge in [-0.3, -0.25) is 9.79 Å². The highest BCUT2D eigenvalue weighted by Gasteiger charge is 2.19. The molecule has 0 spiro atoms. The van der Waals surface area contributed by atoms with Crippen LogP contribution in [0.4, 0.5) is 0 Å². The molecule has 0 aromatic rings. The van der Waals surface area contributed by atoms with Crippen molar-refractivity contribution in [1.82, 2.24) is 9.80 Å². The van der Waals surface area contributed by atoms with Crippen molar-refractivity contribution in [2.75, 3.05) is 32.7 Å². The van der Waals surface area contributed by atoms with Crippen LogP contribution in [0, 0.1) is 5.92 Å². The molecule has 2 N–H and O–H groups in total. The molecular formula is C14H26N4O. The lowest BCUT2D eigenvalue weighted by Gasteiger charge is -2.31. The van der Waals surface area contributed by atoms with E-state index in [1.807, 2.05) is 4.90 Å². The molecule has 0 aromatic carbocycles. The van der Waals surface area contributed by atoms with Gasteiger partial charge in [-0.05, 0) is 31.6 Å². The first-order valence-corrected chi connectivity index (χ1v) is 7.49. The number of guanidine groups is 1. The molecule has 5 nitrogen and oxygen atoms in total. The van der Waals surface area contributed by atoms with E-state index in [1.54, 1.807) is 0 Å². The molecule has 1 amide bonds. The molecule has 2 aliphatic heterocycles. The molecule has 108 valence electrons. The SMILES string of the molecule is CC1CCN(C(N)=NCCCN2CCCC2=O)CC1. The summed E-state index contributed by atoms with van der Waals surface area (Å²) in [4.78, 5) is 20.0. The number of piperidine rings is 1.